The fourth-order valence-electron chi connectivity index (χ4n) is 3.59. The number of aryl methyl sites for hydroxylation is 1. The minimum absolute atomic E-state index is 0.241. The molecule has 3 aromatic carbocycles. The molecular formula is C27H24BrNO4S. The van der Waals surface area contributed by atoms with Gasteiger partial charge in [0.2, 0.25) is 0 Å². The Hall–Kier alpha value is -3.03. The minimum Gasteiger partial charge on any atom is -0.493 e. The van der Waals surface area contributed by atoms with E-state index < -0.39 is 0 Å². The number of imide groups is 1. The van der Waals surface area contributed by atoms with Crippen LogP contribution in [0, 0.1) is 0 Å². The fourth-order valence-corrected chi connectivity index (χ4v) is 4.88. The highest BCUT2D eigenvalue weighted by atomic mass is 79.9. The number of halogens is 1. The van der Waals surface area contributed by atoms with Crippen molar-refractivity contribution in [2.75, 3.05) is 13.7 Å². The highest BCUT2D eigenvalue weighted by Gasteiger charge is 2.34. The van der Waals surface area contributed by atoms with Gasteiger partial charge in [0.25, 0.3) is 11.1 Å². The molecule has 1 heterocycles. The molecule has 4 rings (SSSR count). The number of nitrogens with zero attached hydrogens (tertiary/aromatic N) is 1. The van der Waals surface area contributed by atoms with Gasteiger partial charge >= 0.3 is 0 Å². The smallest absolute Gasteiger partial charge is 0.293 e. The second-order valence-electron chi connectivity index (χ2n) is 7.72. The molecule has 0 atom stereocenters. The zero-order chi connectivity index (χ0) is 23.9. The van der Waals surface area contributed by atoms with Gasteiger partial charge in [0.15, 0.2) is 11.5 Å². The maximum Gasteiger partial charge on any atom is 0.293 e. The summed E-state index contributed by atoms with van der Waals surface area (Å²) in [5, 5.41) is -0.241. The number of benzene rings is 3. The third-order valence-electron chi connectivity index (χ3n) is 5.37. The fraction of sp³-hybridized carbons (Fsp3) is 0.185. The molecule has 0 bridgehead atoms. The van der Waals surface area contributed by atoms with Gasteiger partial charge in [-0.3, -0.25) is 14.5 Å². The van der Waals surface area contributed by atoms with E-state index >= 15 is 0 Å². The molecule has 0 spiro atoms. The largest absolute Gasteiger partial charge is 0.493 e. The summed E-state index contributed by atoms with van der Waals surface area (Å²) in [6, 6.07) is 23.5. The number of methoxy groups -OCH3 is 1. The molecule has 174 valence electrons. The Morgan fingerprint density at radius 2 is 1.62 bits per heavy atom. The molecule has 0 radical (unpaired) electrons. The summed E-state index contributed by atoms with van der Waals surface area (Å²) in [5.74, 6) is 0.871. The normalized spacial score (nSPS) is 14.6. The number of ether oxygens (including phenoxy) is 2. The van der Waals surface area contributed by atoms with Crippen LogP contribution in [0.4, 0.5) is 4.79 Å². The predicted octanol–water partition coefficient (Wildman–Crippen LogP) is 6.71. The molecule has 34 heavy (non-hydrogen) atoms. The summed E-state index contributed by atoms with van der Waals surface area (Å²) in [4.78, 5) is 27.1. The average molecular weight is 538 g/mol. The van der Waals surface area contributed by atoms with Crippen molar-refractivity contribution in [3.8, 4) is 11.5 Å². The lowest BCUT2D eigenvalue weighted by molar-refractivity contribution is -0.122. The Labute approximate surface area is 211 Å². The second-order valence-corrected chi connectivity index (χ2v) is 9.57. The van der Waals surface area contributed by atoms with Crippen LogP contribution in [0.1, 0.15) is 23.1 Å². The molecule has 2 amide bonds. The topological polar surface area (TPSA) is 55.8 Å². The Balaban J connectivity index is 1.45. The first kappa shape index (κ1) is 24.1. The van der Waals surface area contributed by atoms with Crippen LogP contribution in [0.25, 0.3) is 6.08 Å². The minimum atomic E-state index is -0.265. The first-order valence-corrected chi connectivity index (χ1v) is 12.5. The van der Waals surface area contributed by atoms with Gasteiger partial charge in [-0.1, -0.05) is 76.6 Å². The lowest BCUT2D eigenvalue weighted by Gasteiger charge is -2.13. The van der Waals surface area contributed by atoms with Crippen molar-refractivity contribution < 1.29 is 19.1 Å². The van der Waals surface area contributed by atoms with E-state index in [4.69, 9.17) is 9.47 Å². The summed E-state index contributed by atoms with van der Waals surface area (Å²) < 4.78 is 12.2. The van der Waals surface area contributed by atoms with Gasteiger partial charge in [-0.25, -0.2) is 0 Å². The molecule has 0 saturated carbocycles. The van der Waals surface area contributed by atoms with Crippen LogP contribution in [0.2, 0.25) is 0 Å². The van der Waals surface area contributed by atoms with Crippen LogP contribution in [-0.2, 0) is 17.8 Å². The van der Waals surface area contributed by atoms with E-state index in [0.717, 1.165) is 40.2 Å². The third kappa shape index (κ3) is 5.90. The van der Waals surface area contributed by atoms with Crippen molar-refractivity contribution in [1.29, 1.82) is 0 Å². The number of rotatable bonds is 9. The second kappa shape index (κ2) is 11.4. The lowest BCUT2D eigenvalue weighted by Crippen LogP contribution is -2.29. The number of thioether (sulfide) groups is 1. The molecule has 1 aliphatic rings. The highest BCUT2D eigenvalue weighted by molar-refractivity contribution is 9.10. The van der Waals surface area contributed by atoms with Gasteiger partial charge in [-0.05, 0) is 59.5 Å². The molecule has 1 saturated heterocycles. The van der Waals surface area contributed by atoms with Gasteiger partial charge in [-0.15, -0.1) is 0 Å². The number of carbonyl (C=O) groups is 2. The number of hydrogen-bond acceptors (Lipinski definition) is 5. The zero-order valence-electron chi connectivity index (χ0n) is 18.7. The molecule has 0 aromatic heterocycles. The standard InChI is InChI=1S/C27H24BrNO4S/c1-32-23-15-21(22(28)17-24(23)33-18-20-11-6-3-7-12-20)16-25-26(30)29(27(31)34-25)14-8-13-19-9-4-2-5-10-19/h2-7,9-12,15-17H,8,13-14,18H2,1H3/b25-16+. The first-order chi connectivity index (χ1) is 16.5. The monoisotopic (exact) mass is 537 g/mol. The SMILES string of the molecule is COc1cc(/C=C2/SC(=O)N(CCCc3ccccc3)C2=O)c(Br)cc1OCc1ccccc1. The Bertz CT molecular complexity index is 1200. The predicted molar refractivity (Wildman–Crippen MR) is 139 cm³/mol. The van der Waals surface area contributed by atoms with Crippen molar-refractivity contribution in [3.05, 3.63) is 98.9 Å². The number of carbonyl (C=O) groups excluding carboxylic acids is 2. The Kier molecular flexibility index (Phi) is 8.08. The summed E-state index contributed by atoms with van der Waals surface area (Å²) in [6.07, 6.45) is 3.25. The van der Waals surface area contributed by atoms with E-state index in [9.17, 15) is 9.59 Å². The van der Waals surface area contributed by atoms with Crippen LogP contribution in [0.15, 0.2) is 82.2 Å². The van der Waals surface area contributed by atoms with Crippen LogP contribution in [0.5, 0.6) is 11.5 Å². The van der Waals surface area contributed by atoms with E-state index in [-0.39, 0.29) is 11.1 Å². The molecule has 0 aliphatic carbocycles. The summed E-state index contributed by atoms with van der Waals surface area (Å²) in [7, 11) is 1.57. The number of hydrogen-bond donors (Lipinski definition) is 0. The molecule has 1 aliphatic heterocycles. The van der Waals surface area contributed by atoms with Crippen LogP contribution in [0.3, 0.4) is 0 Å². The van der Waals surface area contributed by atoms with Gasteiger partial charge in [0, 0.05) is 11.0 Å². The summed E-state index contributed by atoms with van der Waals surface area (Å²) in [6.45, 7) is 0.804. The molecular weight excluding hydrogens is 514 g/mol. The molecule has 0 N–H and O–H groups in total. The molecule has 1 fully saturated rings. The van der Waals surface area contributed by atoms with Crippen molar-refractivity contribution >= 4 is 44.9 Å². The van der Waals surface area contributed by atoms with Crippen molar-refractivity contribution in [3.63, 3.8) is 0 Å². The van der Waals surface area contributed by atoms with Crippen molar-refractivity contribution in [2.24, 2.45) is 0 Å². The Morgan fingerprint density at radius 3 is 2.29 bits per heavy atom. The van der Waals surface area contributed by atoms with Crippen molar-refractivity contribution in [2.45, 2.75) is 19.4 Å². The van der Waals surface area contributed by atoms with E-state index in [0.29, 0.717) is 29.6 Å². The zero-order valence-corrected chi connectivity index (χ0v) is 21.1. The Morgan fingerprint density at radius 1 is 0.941 bits per heavy atom. The van der Waals surface area contributed by atoms with Gasteiger partial charge in [0.05, 0.1) is 12.0 Å². The third-order valence-corrected chi connectivity index (χ3v) is 6.96. The van der Waals surface area contributed by atoms with Gasteiger partial charge in [0.1, 0.15) is 6.61 Å². The van der Waals surface area contributed by atoms with E-state index in [1.165, 1.54) is 10.5 Å². The molecule has 0 unspecified atom stereocenters. The summed E-state index contributed by atoms with van der Waals surface area (Å²) >= 11 is 4.53. The van der Waals surface area contributed by atoms with E-state index in [2.05, 4.69) is 15.9 Å². The van der Waals surface area contributed by atoms with Gasteiger partial charge < -0.3 is 9.47 Å². The summed E-state index contributed by atoms with van der Waals surface area (Å²) in [5.41, 5.74) is 2.97. The van der Waals surface area contributed by atoms with E-state index in [1.807, 2.05) is 66.7 Å². The highest BCUT2D eigenvalue weighted by Crippen LogP contribution is 2.38. The van der Waals surface area contributed by atoms with Gasteiger partial charge in [-0.2, -0.15) is 0 Å². The van der Waals surface area contributed by atoms with Crippen LogP contribution < -0.4 is 9.47 Å². The maximum absolute atomic E-state index is 12.9. The lowest BCUT2D eigenvalue weighted by atomic mass is 10.1. The average Bonchev–Trinajstić information content (AvgIpc) is 3.12. The van der Waals surface area contributed by atoms with E-state index in [1.54, 1.807) is 19.3 Å². The first-order valence-electron chi connectivity index (χ1n) is 10.9. The van der Waals surface area contributed by atoms with Crippen LogP contribution in [-0.4, -0.2) is 29.7 Å². The van der Waals surface area contributed by atoms with Crippen molar-refractivity contribution in [1.82, 2.24) is 4.90 Å². The molecule has 5 nitrogen and oxygen atoms in total. The number of amides is 2. The quantitative estimate of drug-likeness (QED) is 0.284. The van der Waals surface area contributed by atoms with Crippen LogP contribution >= 0.6 is 27.7 Å². The molecule has 3 aromatic rings. The maximum atomic E-state index is 12.9. The molecule has 7 heteroatoms.